The number of nitrogens with one attached hydrogen (secondary N) is 1. The fourth-order valence-corrected chi connectivity index (χ4v) is 5.45. The second-order valence-corrected chi connectivity index (χ2v) is 8.14. The maximum Gasteiger partial charge on any atom is 0.231 e. The zero-order valence-electron chi connectivity index (χ0n) is 15.4. The first kappa shape index (κ1) is 17.8. The first-order valence-electron chi connectivity index (χ1n) is 10.1. The number of aliphatic hydroxyl groups excluding tert-OH is 2. The maximum atomic E-state index is 13.5. The molecule has 4 aliphatic heterocycles. The maximum absolute atomic E-state index is 13.5. The summed E-state index contributed by atoms with van der Waals surface area (Å²) < 4.78 is 0. The van der Waals surface area contributed by atoms with E-state index in [0.717, 1.165) is 57.2 Å². The molecule has 0 radical (unpaired) electrons. The topological polar surface area (TPSA) is 72.8 Å². The molecule has 0 saturated carbocycles. The highest BCUT2D eigenvalue weighted by atomic mass is 16.3. The molecule has 5 rings (SSSR count). The summed E-state index contributed by atoms with van der Waals surface area (Å²) in [4.78, 5) is 15.5. The van der Waals surface area contributed by atoms with Gasteiger partial charge in [0, 0.05) is 25.0 Å². The number of nitrogens with zero attached hydrogens (tertiary/aromatic N) is 1. The van der Waals surface area contributed by atoms with Crippen molar-refractivity contribution in [3.05, 3.63) is 35.6 Å². The van der Waals surface area contributed by atoms with Crippen LogP contribution < -0.4 is 5.32 Å². The van der Waals surface area contributed by atoms with Crippen molar-refractivity contribution in [1.82, 2.24) is 10.2 Å². The van der Waals surface area contributed by atoms with Gasteiger partial charge in [-0.25, -0.2) is 0 Å². The number of aliphatic hydroxyl groups is 2. The fraction of sp³-hybridized carbons (Fsp3) is 0.667. The van der Waals surface area contributed by atoms with Gasteiger partial charge in [0.25, 0.3) is 0 Å². The smallest absolute Gasteiger partial charge is 0.231 e. The van der Waals surface area contributed by atoms with Gasteiger partial charge in [0.1, 0.15) is 5.76 Å². The van der Waals surface area contributed by atoms with Crippen LogP contribution in [-0.2, 0) is 4.79 Å². The molecule has 4 atom stereocenters. The molecule has 1 spiro atoms. The van der Waals surface area contributed by atoms with E-state index in [1.54, 1.807) is 0 Å². The largest absolute Gasteiger partial charge is 0.510 e. The highest BCUT2D eigenvalue weighted by Gasteiger charge is 2.65. The quantitative estimate of drug-likeness (QED) is 0.630. The number of carbonyl (C=O) groups is 1. The second kappa shape index (κ2) is 7.20. The molecule has 5 heteroatoms. The summed E-state index contributed by atoms with van der Waals surface area (Å²) in [6.45, 7) is 1.56. The molecule has 0 aromatic rings. The lowest BCUT2D eigenvalue weighted by molar-refractivity contribution is -0.149. The number of hydrogen-bond acceptors (Lipinski definition) is 4. The van der Waals surface area contributed by atoms with Gasteiger partial charge >= 0.3 is 0 Å². The van der Waals surface area contributed by atoms with Crippen molar-refractivity contribution in [2.24, 2.45) is 11.3 Å². The molecular weight excluding hydrogens is 328 g/mol. The predicted molar refractivity (Wildman–Crippen MR) is 101 cm³/mol. The number of allylic oxidation sites excluding steroid dienone is 5. The lowest BCUT2D eigenvalue weighted by Gasteiger charge is -2.44. The monoisotopic (exact) mass is 358 g/mol. The highest BCUT2D eigenvalue weighted by molar-refractivity contribution is 5.88. The molecule has 2 fully saturated rings. The SMILES string of the molecule is O=C1N2CCCC/C=C\CC/C=C/C3=C(O)[C@@H]4N[C@@H](CO)C[C@@]14[C@H]3CC2. The van der Waals surface area contributed by atoms with Crippen molar-refractivity contribution in [3.8, 4) is 0 Å². The number of piperidine rings is 1. The Morgan fingerprint density at radius 1 is 1.15 bits per heavy atom. The molecule has 26 heavy (non-hydrogen) atoms. The standard InChI is InChI=1S/C21H30N2O3/c24-14-15-13-21-17-10-12-23(20(21)26)11-8-6-4-2-1-3-5-7-9-16(17)18(25)19(21)22-15/h1-2,7,9,15,17,19,22,24-25H,3-6,8,10-14H2/b2-1-,9-7+/t15-,17+,19+,21+/m1/s1. The first-order valence-corrected chi connectivity index (χ1v) is 10.1. The van der Waals surface area contributed by atoms with Gasteiger partial charge in [0.15, 0.2) is 0 Å². The van der Waals surface area contributed by atoms with Gasteiger partial charge in [0.05, 0.1) is 18.1 Å². The van der Waals surface area contributed by atoms with Crippen LogP contribution >= 0.6 is 0 Å². The molecule has 0 aromatic carbocycles. The summed E-state index contributed by atoms with van der Waals surface area (Å²) in [7, 11) is 0. The Bertz CT molecular complexity index is 654. The Hall–Kier alpha value is -1.59. The molecule has 2 saturated heterocycles. The Labute approximate surface area is 155 Å². The number of carbonyl (C=O) groups excluding carboxylic acids is 1. The molecule has 142 valence electrons. The van der Waals surface area contributed by atoms with E-state index in [1.807, 2.05) is 11.0 Å². The van der Waals surface area contributed by atoms with E-state index in [2.05, 4.69) is 23.5 Å². The summed E-state index contributed by atoms with van der Waals surface area (Å²) in [5.41, 5.74) is 0.319. The minimum Gasteiger partial charge on any atom is -0.510 e. The fourth-order valence-electron chi connectivity index (χ4n) is 5.45. The van der Waals surface area contributed by atoms with E-state index in [4.69, 9.17) is 0 Å². The van der Waals surface area contributed by atoms with E-state index in [9.17, 15) is 15.0 Å². The predicted octanol–water partition coefficient (Wildman–Crippen LogP) is 2.45. The second-order valence-electron chi connectivity index (χ2n) is 8.14. The molecule has 1 aliphatic carbocycles. The average molecular weight is 358 g/mol. The van der Waals surface area contributed by atoms with Gasteiger partial charge in [-0.2, -0.15) is 0 Å². The number of amides is 1. The molecule has 4 bridgehead atoms. The normalized spacial score (nSPS) is 40.3. The van der Waals surface area contributed by atoms with Crippen LogP contribution in [0.2, 0.25) is 0 Å². The van der Waals surface area contributed by atoms with Crippen molar-refractivity contribution in [2.75, 3.05) is 19.7 Å². The van der Waals surface area contributed by atoms with Gasteiger partial charge in [-0.3, -0.25) is 4.79 Å². The zero-order chi connectivity index (χ0) is 18.1. The summed E-state index contributed by atoms with van der Waals surface area (Å²) in [6.07, 6.45) is 15.3. The van der Waals surface area contributed by atoms with Gasteiger partial charge in [-0.05, 0) is 50.5 Å². The third-order valence-electron chi connectivity index (χ3n) is 6.67. The van der Waals surface area contributed by atoms with E-state index in [-0.39, 0.29) is 30.5 Å². The van der Waals surface area contributed by atoms with Crippen LogP contribution in [0.25, 0.3) is 0 Å². The van der Waals surface area contributed by atoms with E-state index >= 15 is 0 Å². The van der Waals surface area contributed by atoms with Crippen LogP contribution in [0.4, 0.5) is 0 Å². The van der Waals surface area contributed by atoms with Crippen LogP contribution in [-0.4, -0.2) is 52.8 Å². The van der Waals surface area contributed by atoms with Crippen molar-refractivity contribution in [1.29, 1.82) is 0 Å². The summed E-state index contributed by atoms with van der Waals surface area (Å²) in [5.74, 6) is 0.542. The summed E-state index contributed by atoms with van der Waals surface area (Å²) in [5, 5.41) is 23.9. The van der Waals surface area contributed by atoms with Crippen LogP contribution in [0.15, 0.2) is 35.6 Å². The molecule has 0 unspecified atom stereocenters. The van der Waals surface area contributed by atoms with Crippen molar-refractivity contribution < 1.29 is 15.0 Å². The van der Waals surface area contributed by atoms with Crippen LogP contribution in [0.5, 0.6) is 0 Å². The van der Waals surface area contributed by atoms with Gasteiger partial charge < -0.3 is 20.4 Å². The van der Waals surface area contributed by atoms with Crippen LogP contribution in [0.1, 0.15) is 44.9 Å². The molecule has 1 amide bonds. The summed E-state index contributed by atoms with van der Waals surface area (Å²) in [6, 6.07) is -0.474. The summed E-state index contributed by atoms with van der Waals surface area (Å²) >= 11 is 0. The highest BCUT2D eigenvalue weighted by Crippen LogP contribution is 2.57. The minimum atomic E-state index is -0.617. The first-order chi connectivity index (χ1) is 12.7. The Morgan fingerprint density at radius 2 is 1.96 bits per heavy atom. The van der Waals surface area contributed by atoms with Gasteiger partial charge in [0.2, 0.25) is 5.91 Å². The van der Waals surface area contributed by atoms with Crippen LogP contribution in [0.3, 0.4) is 0 Å². The van der Waals surface area contributed by atoms with Crippen molar-refractivity contribution in [2.45, 2.75) is 57.0 Å². The Kier molecular flexibility index (Phi) is 4.93. The molecule has 5 nitrogen and oxygen atoms in total. The van der Waals surface area contributed by atoms with Crippen LogP contribution in [0, 0.1) is 11.3 Å². The van der Waals surface area contributed by atoms with Crippen molar-refractivity contribution >= 4 is 5.91 Å². The third kappa shape index (κ3) is 2.72. The molecule has 0 aromatic heterocycles. The third-order valence-corrected chi connectivity index (χ3v) is 6.67. The van der Waals surface area contributed by atoms with E-state index in [0.29, 0.717) is 12.2 Å². The molecular formula is C21H30N2O3. The number of rotatable bonds is 1. The van der Waals surface area contributed by atoms with E-state index < -0.39 is 5.41 Å². The average Bonchev–Trinajstić information content (AvgIpc) is 3.12. The Balaban J connectivity index is 1.71. The van der Waals surface area contributed by atoms with Gasteiger partial charge in [-0.15, -0.1) is 0 Å². The Morgan fingerprint density at radius 3 is 2.81 bits per heavy atom. The lowest BCUT2D eigenvalue weighted by Crippen LogP contribution is -2.56. The minimum absolute atomic E-state index is 0.00235. The number of hydrogen-bond donors (Lipinski definition) is 3. The lowest BCUT2D eigenvalue weighted by atomic mass is 9.67. The number of fused-ring (bicyclic) bond motifs is 8. The van der Waals surface area contributed by atoms with E-state index in [1.165, 1.54) is 0 Å². The van der Waals surface area contributed by atoms with Crippen molar-refractivity contribution in [3.63, 3.8) is 0 Å². The molecule has 5 aliphatic rings. The molecule has 3 N–H and O–H groups in total. The van der Waals surface area contributed by atoms with Gasteiger partial charge in [-0.1, -0.05) is 24.3 Å². The molecule has 4 heterocycles. The zero-order valence-corrected chi connectivity index (χ0v) is 15.4.